The Morgan fingerprint density at radius 1 is 1.14 bits per heavy atom. The second-order valence-corrected chi connectivity index (χ2v) is 12.9. The van der Waals surface area contributed by atoms with Crippen LogP contribution < -0.4 is 10.6 Å². The van der Waals surface area contributed by atoms with Crippen LogP contribution >= 0.6 is 11.6 Å². The molecule has 4 heterocycles. The van der Waals surface area contributed by atoms with Crippen LogP contribution in [0.1, 0.15) is 67.2 Å². The van der Waals surface area contributed by atoms with Crippen molar-refractivity contribution in [2.24, 2.45) is 0 Å². The summed E-state index contributed by atoms with van der Waals surface area (Å²) >= 11 is 6.25. The average molecular weight is 713 g/mol. The fraction of sp³-hybridized carbons (Fsp3) is 0.371. The number of piperidine rings is 1. The molecule has 0 spiro atoms. The predicted octanol–water partition coefficient (Wildman–Crippen LogP) is 3.50. The summed E-state index contributed by atoms with van der Waals surface area (Å²) in [5.74, 6) is -0.504. The van der Waals surface area contributed by atoms with Gasteiger partial charge in [0, 0.05) is 41.0 Å². The lowest BCUT2D eigenvalue weighted by atomic mass is 9.99. The minimum Gasteiger partial charge on any atom is -0.469 e. The Morgan fingerprint density at radius 2 is 1.94 bits per heavy atom. The molecule has 16 heteroatoms. The Balaban J connectivity index is 1.32. The predicted molar refractivity (Wildman–Crippen MR) is 186 cm³/mol. The number of esters is 1. The van der Waals surface area contributed by atoms with Crippen molar-refractivity contribution in [2.75, 3.05) is 25.5 Å². The van der Waals surface area contributed by atoms with Gasteiger partial charge in [0.1, 0.15) is 24.3 Å². The molecule has 2 aromatic heterocycles. The van der Waals surface area contributed by atoms with Gasteiger partial charge in [-0.25, -0.2) is 4.98 Å². The van der Waals surface area contributed by atoms with Crippen LogP contribution in [0.15, 0.2) is 48.8 Å². The van der Waals surface area contributed by atoms with Gasteiger partial charge in [-0.05, 0) is 72.0 Å². The van der Waals surface area contributed by atoms with Crippen LogP contribution in [-0.2, 0) is 25.5 Å². The molecule has 1 fully saturated rings. The number of nitriles is 1. The fourth-order valence-corrected chi connectivity index (χ4v) is 6.54. The lowest BCUT2D eigenvalue weighted by Gasteiger charge is -2.33. The number of carbonyl (C=O) groups excluding carboxylic acids is 3. The Morgan fingerprint density at radius 3 is 2.69 bits per heavy atom. The van der Waals surface area contributed by atoms with Crippen molar-refractivity contribution >= 4 is 41.1 Å². The number of aliphatic hydroxyl groups excluding tert-OH is 1. The molecule has 15 nitrogen and oxygen atoms in total. The second-order valence-electron chi connectivity index (χ2n) is 12.5. The standard InChI is InChI=1S/C35H37ClN10O5/c1-51-32(49)17-21-6-9-25-28(16-21)39-27(35(50)45-14-12-24(47)13-15-45)5-3-2-4-26(34-41-29(19-37)33(25)42-34)40-31(48)11-7-22-18-23(36)8-10-30(22)46-20-38-43-44-46/h6-11,16,18,20,24,26-27,39,47H,2-5,12-15,17H2,1H3,(H,40,48)(H,41,42)/b11-7+/t26-,27+/m0/s1. The number of ether oxygens (including phenoxy) is 1. The van der Waals surface area contributed by atoms with Gasteiger partial charge < -0.3 is 30.4 Å². The van der Waals surface area contributed by atoms with Crippen LogP contribution in [0.4, 0.5) is 5.69 Å². The highest BCUT2D eigenvalue weighted by Crippen LogP contribution is 2.34. The van der Waals surface area contributed by atoms with Crippen molar-refractivity contribution in [1.82, 2.24) is 40.4 Å². The van der Waals surface area contributed by atoms with E-state index in [4.69, 9.17) is 16.3 Å². The van der Waals surface area contributed by atoms with E-state index in [1.54, 1.807) is 47.4 Å². The number of likely N-dealkylation sites (tertiary alicyclic amines) is 1. The molecule has 264 valence electrons. The number of nitrogens with one attached hydrogen (secondary N) is 3. The van der Waals surface area contributed by atoms with E-state index in [0.717, 1.165) is 0 Å². The largest absolute Gasteiger partial charge is 0.469 e. The molecule has 4 N–H and O–H groups in total. The third kappa shape index (κ3) is 8.42. The van der Waals surface area contributed by atoms with Crippen molar-refractivity contribution in [3.63, 3.8) is 0 Å². The molecular formula is C35H37ClN10O5. The quantitative estimate of drug-likeness (QED) is 0.161. The van der Waals surface area contributed by atoms with Crippen molar-refractivity contribution in [3.8, 4) is 23.0 Å². The lowest BCUT2D eigenvalue weighted by molar-refractivity contribution is -0.139. The number of hydrogen-bond acceptors (Lipinski definition) is 11. The van der Waals surface area contributed by atoms with E-state index in [0.29, 0.717) is 96.2 Å². The topological polar surface area (TPSA) is 204 Å². The fourth-order valence-electron chi connectivity index (χ4n) is 6.36. The molecular weight excluding hydrogens is 676 g/mol. The number of rotatable bonds is 7. The first kappa shape index (κ1) is 35.2. The van der Waals surface area contributed by atoms with Crippen LogP contribution in [0.3, 0.4) is 0 Å². The zero-order chi connectivity index (χ0) is 35.9. The Kier molecular flexibility index (Phi) is 11.0. The molecule has 2 aliphatic heterocycles. The molecule has 0 unspecified atom stereocenters. The first-order valence-electron chi connectivity index (χ1n) is 16.7. The summed E-state index contributed by atoms with van der Waals surface area (Å²) in [4.78, 5) is 49.1. The maximum absolute atomic E-state index is 13.9. The number of imidazole rings is 1. The molecule has 0 radical (unpaired) electrons. The Bertz CT molecular complexity index is 1960. The van der Waals surface area contributed by atoms with Gasteiger partial charge in [-0.15, -0.1) is 5.10 Å². The molecule has 2 aliphatic rings. The summed E-state index contributed by atoms with van der Waals surface area (Å²) in [6.45, 7) is 0.897. The van der Waals surface area contributed by atoms with Crippen LogP contribution in [-0.4, -0.2) is 90.3 Å². The molecule has 2 bridgehead atoms. The van der Waals surface area contributed by atoms with Gasteiger partial charge in [0.05, 0.1) is 37.1 Å². The molecule has 4 aromatic rings. The number of amides is 2. The number of methoxy groups -OCH3 is 1. The number of nitrogens with zero attached hydrogens (tertiary/aromatic N) is 7. The lowest BCUT2D eigenvalue weighted by Crippen LogP contribution is -2.47. The Hall–Kier alpha value is -5.59. The van der Waals surface area contributed by atoms with Gasteiger partial charge in [0.25, 0.3) is 0 Å². The highest BCUT2D eigenvalue weighted by Gasteiger charge is 2.30. The van der Waals surface area contributed by atoms with Gasteiger partial charge in [-0.2, -0.15) is 9.94 Å². The first-order valence-corrected chi connectivity index (χ1v) is 17.0. The summed E-state index contributed by atoms with van der Waals surface area (Å²) in [6, 6.07) is 11.4. The minimum atomic E-state index is -0.622. The van der Waals surface area contributed by atoms with Gasteiger partial charge in [-0.1, -0.05) is 36.6 Å². The van der Waals surface area contributed by atoms with Crippen molar-refractivity contribution < 1.29 is 24.2 Å². The number of halogens is 1. The smallest absolute Gasteiger partial charge is 0.309 e. The monoisotopic (exact) mass is 712 g/mol. The maximum Gasteiger partial charge on any atom is 0.309 e. The summed E-state index contributed by atoms with van der Waals surface area (Å²) in [5.41, 5.74) is 3.54. The van der Waals surface area contributed by atoms with Crippen LogP contribution in [0.2, 0.25) is 5.02 Å². The van der Waals surface area contributed by atoms with E-state index >= 15 is 0 Å². The van der Waals surface area contributed by atoms with E-state index in [2.05, 4.69) is 42.2 Å². The van der Waals surface area contributed by atoms with E-state index in [1.165, 1.54) is 24.2 Å². The summed E-state index contributed by atoms with van der Waals surface area (Å²) < 4.78 is 6.34. The van der Waals surface area contributed by atoms with E-state index in [1.807, 2.05) is 0 Å². The number of aromatic amines is 1. The number of aliphatic hydroxyl groups is 1. The number of anilines is 1. The minimum absolute atomic E-state index is 0.0153. The first-order chi connectivity index (χ1) is 24.7. The van der Waals surface area contributed by atoms with Crippen LogP contribution in [0.25, 0.3) is 23.0 Å². The van der Waals surface area contributed by atoms with Gasteiger partial charge >= 0.3 is 5.97 Å². The number of tetrazole rings is 1. The zero-order valence-electron chi connectivity index (χ0n) is 27.9. The molecule has 2 aromatic carbocycles. The third-order valence-corrected chi connectivity index (χ3v) is 9.28. The number of aromatic nitrogens is 6. The van der Waals surface area contributed by atoms with Crippen LogP contribution in [0.5, 0.6) is 0 Å². The molecule has 0 saturated carbocycles. The second kappa shape index (κ2) is 16.0. The third-order valence-electron chi connectivity index (χ3n) is 9.04. The highest BCUT2D eigenvalue weighted by atomic mass is 35.5. The molecule has 2 amide bonds. The molecule has 2 atom stereocenters. The van der Waals surface area contributed by atoms with Crippen molar-refractivity contribution in [2.45, 2.75) is 63.1 Å². The number of carbonyl (C=O) groups is 3. The highest BCUT2D eigenvalue weighted by molar-refractivity contribution is 6.30. The van der Waals surface area contributed by atoms with E-state index in [-0.39, 0.29) is 18.0 Å². The summed E-state index contributed by atoms with van der Waals surface area (Å²) in [5, 5.41) is 38.5. The molecule has 6 rings (SSSR count). The Labute approximate surface area is 298 Å². The number of hydrogen-bond donors (Lipinski definition) is 4. The van der Waals surface area contributed by atoms with Gasteiger partial charge in [0.2, 0.25) is 11.8 Å². The van der Waals surface area contributed by atoms with Crippen molar-refractivity contribution in [3.05, 3.63) is 76.5 Å². The number of fused-ring (bicyclic) bond motifs is 4. The SMILES string of the molecule is COC(=O)Cc1ccc2c(c1)N[C@@H](C(=O)N1CCC(O)CC1)CCCC[C@H](NC(=O)/C=C/c1cc(Cl)ccc1-n1cnnn1)c1nc(C#N)c-2[nH]1. The van der Waals surface area contributed by atoms with Gasteiger partial charge in [0.15, 0.2) is 5.69 Å². The van der Waals surface area contributed by atoms with Gasteiger partial charge in [-0.3, -0.25) is 14.4 Å². The zero-order valence-corrected chi connectivity index (χ0v) is 28.6. The van der Waals surface area contributed by atoms with E-state index in [9.17, 15) is 24.8 Å². The summed E-state index contributed by atoms with van der Waals surface area (Å²) in [7, 11) is 1.32. The van der Waals surface area contributed by atoms with Crippen molar-refractivity contribution in [1.29, 1.82) is 5.26 Å². The van der Waals surface area contributed by atoms with Crippen LogP contribution in [0, 0.1) is 11.3 Å². The molecule has 1 saturated heterocycles. The molecule has 51 heavy (non-hydrogen) atoms. The summed E-state index contributed by atoms with van der Waals surface area (Å²) in [6.07, 6.45) is 7.27. The number of benzene rings is 2. The average Bonchev–Trinajstić information content (AvgIpc) is 3.82. The molecule has 0 aliphatic carbocycles. The van der Waals surface area contributed by atoms with E-state index < -0.39 is 30.1 Å². The normalized spacial score (nSPS) is 18.1. The number of H-pyrrole nitrogens is 1. The maximum atomic E-state index is 13.9.